The van der Waals surface area contributed by atoms with E-state index in [9.17, 15) is 0 Å². The van der Waals surface area contributed by atoms with Gasteiger partial charge < -0.3 is 14.8 Å². The van der Waals surface area contributed by atoms with Gasteiger partial charge in [0.25, 0.3) is 0 Å². The Balaban J connectivity index is 2.65. The van der Waals surface area contributed by atoms with Crippen molar-refractivity contribution in [3.05, 3.63) is 35.8 Å². The van der Waals surface area contributed by atoms with Gasteiger partial charge in [-0.3, -0.25) is 4.90 Å². The van der Waals surface area contributed by atoms with Gasteiger partial charge >= 0.3 is 0 Å². The number of nitrogens with zero attached hydrogens (tertiary/aromatic N) is 1. The van der Waals surface area contributed by atoms with Crippen molar-refractivity contribution in [3.8, 4) is 0 Å². The number of furan rings is 1. The summed E-state index contributed by atoms with van der Waals surface area (Å²) in [5.74, 6) is 1.89. The van der Waals surface area contributed by atoms with E-state index in [1.165, 1.54) is 5.56 Å². The van der Waals surface area contributed by atoms with Gasteiger partial charge in [-0.25, -0.2) is 0 Å². The number of hydrogen-bond donors (Lipinski definition) is 2. The highest BCUT2D eigenvalue weighted by Gasteiger charge is 2.14. The third kappa shape index (κ3) is 5.90. The SMILES string of the molecule is C=CCN(CCO)Cc1cc(CNC(C)(C)C)c(C)o1. The smallest absolute Gasteiger partial charge is 0.118 e. The van der Waals surface area contributed by atoms with Gasteiger partial charge in [0.2, 0.25) is 0 Å². The topological polar surface area (TPSA) is 48.6 Å². The van der Waals surface area contributed by atoms with Crippen LogP contribution in [0.3, 0.4) is 0 Å². The maximum atomic E-state index is 9.06. The van der Waals surface area contributed by atoms with Gasteiger partial charge in [-0.2, -0.15) is 0 Å². The van der Waals surface area contributed by atoms with Gasteiger partial charge in [0.1, 0.15) is 11.5 Å². The molecular weight excluding hydrogens is 252 g/mol. The Labute approximate surface area is 122 Å². The molecule has 0 bridgehead atoms. The summed E-state index contributed by atoms with van der Waals surface area (Å²) in [7, 11) is 0. The Kier molecular flexibility index (Phi) is 6.46. The maximum Gasteiger partial charge on any atom is 0.118 e. The Morgan fingerprint density at radius 2 is 2.15 bits per heavy atom. The molecular formula is C16H28N2O2. The summed E-state index contributed by atoms with van der Waals surface area (Å²) in [6, 6.07) is 2.10. The molecule has 20 heavy (non-hydrogen) atoms. The summed E-state index contributed by atoms with van der Waals surface area (Å²) in [6.45, 7) is 15.2. The Bertz CT molecular complexity index is 419. The third-order valence-electron chi connectivity index (χ3n) is 3.06. The van der Waals surface area contributed by atoms with Crippen LogP contribution >= 0.6 is 0 Å². The highest BCUT2D eigenvalue weighted by atomic mass is 16.3. The zero-order valence-corrected chi connectivity index (χ0v) is 13.2. The summed E-state index contributed by atoms with van der Waals surface area (Å²) in [5.41, 5.74) is 1.29. The summed E-state index contributed by atoms with van der Waals surface area (Å²) in [6.07, 6.45) is 1.84. The van der Waals surface area contributed by atoms with E-state index < -0.39 is 0 Å². The first-order valence-corrected chi connectivity index (χ1v) is 7.13. The lowest BCUT2D eigenvalue weighted by Crippen LogP contribution is -2.35. The molecule has 2 N–H and O–H groups in total. The first-order chi connectivity index (χ1) is 9.35. The second kappa shape index (κ2) is 7.62. The van der Waals surface area contributed by atoms with Crippen molar-refractivity contribution in [2.75, 3.05) is 19.7 Å². The highest BCUT2D eigenvalue weighted by molar-refractivity contribution is 5.21. The fourth-order valence-electron chi connectivity index (χ4n) is 1.98. The Hall–Kier alpha value is -1.10. The number of aryl methyl sites for hydroxylation is 1. The molecule has 1 aromatic rings. The molecule has 1 heterocycles. The summed E-state index contributed by atoms with van der Waals surface area (Å²) in [4.78, 5) is 2.10. The molecule has 1 aromatic heterocycles. The number of nitrogens with one attached hydrogen (secondary N) is 1. The zero-order valence-electron chi connectivity index (χ0n) is 13.2. The number of aliphatic hydroxyl groups is 1. The predicted octanol–water partition coefficient (Wildman–Crippen LogP) is 2.46. The molecule has 0 unspecified atom stereocenters. The molecule has 114 valence electrons. The Morgan fingerprint density at radius 3 is 2.70 bits per heavy atom. The van der Waals surface area contributed by atoms with Crippen LogP contribution < -0.4 is 5.32 Å². The third-order valence-corrected chi connectivity index (χ3v) is 3.06. The van der Waals surface area contributed by atoms with Crippen LogP contribution in [-0.2, 0) is 13.1 Å². The van der Waals surface area contributed by atoms with Crippen molar-refractivity contribution >= 4 is 0 Å². The molecule has 4 nitrogen and oxygen atoms in total. The van der Waals surface area contributed by atoms with Crippen LogP contribution in [0, 0.1) is 6.92 Å². The van der Waals surface area contributed by atoms with Crippen LogP contribution in [0.2, 0.25) is 0 Å². The minimum absolute atomic E-state index is 0.0929. The van der Waals surface area contributed by atoms with E-state index >= 15 is 0 Å². The quantitative estimate of drug-likeness (QED) is 0.718. The molecule has 0 aliphatic rings. The summed E-state index contributed by atoms with van der Waals surface area (Å²) >= 11 is 0. The van der Waals surface area contributed by atoms with Gasteiger partial charge in [0, 0.05) is 30.7 Å². The van der Waals surface area contributed by atoms with E-state index in [1.807, 2.05) is 13.0 Å². The van der Waals surface area contributed by atoms with Crippen LogP contribution in [0.15, 0.2) is 23.1 Å². The largest absolute Gasteiger partial charge is 0.465 e. The number of hydrogen-bond acceptors (Lipinski definition) is 4. The molecule has 0 saturated carbocycles. The molecule has 0 saturated heterocycles. The highest BCUT2D eigenvalue weighted by Crippen LogP contribution is 2.17. The zero-order chi connectivity index (χ0) is 15.2. The van der Waals surface area contributed by atoms with Crippen molar-refractivity contribution in [1.29, 1.82) is 0 Å². The second-order valence-corrected chi connectivity index (χ2v) is 6.15. The standard InChI is InChI=1S/C16H28N2O2/c1-6-7-18(8-9-19)12-15-10-14(13(2)20-15)11-17-16(3,4)5/h6,10,17,19H,1,7-9,11-12H2,2-5H3. The molecule has 0 fully saturated rings. The van der Waals surface area contributed by atoms with Gasteiger partial charge in [0.15, 0.2) is 0 Å². The van der Waals surface area contributed by atoms with Crippen LogP contribution in [0.5, 0.6) is 0 Å². The minimum atomic E-state index is 0.0929. The summed E-state index contributed by atoms with van der Waals surface area (Å²) < 4.78 is 5.81. The van der Waals surface area contributed by atoms with Gasteiger partial charge in [-0.1, -0.05) is 6.08 Å². The van der Waals surface area contributed by atoms with Crippen molar-refractivity contribution in [1.82, 2.24) is 10.2 Å². The first-order valence-electron chi connectivity index (χ1n) is 7.13. The molecule has 0 amide bonds. The predicted molar refractivity (Wildman–Crippen MR) is 82.6 cm³/mol. The van der Waals surface area contributed by atoms with Crippen LogP contribution in [0.4, 0.5) is 0 Å². The lowest BCUT2D eigenvalue weighted by atomic mass is 10.1. The molecule has 0 atom stereocenters. The molecule has 0 aliphatic heterocycles. The van der Waals surface area contributed by atoms with Gasteiger partial charge in [0.05, 0.1) is 13.2 Å². The van der Waals surface area contributed by atoms with Crippen molar-refractivity contribution in [3.63, 3.8) is 0 Å². The van der Waals surface area contributed by atoms with E-state index in [2.05, 4.69) is 43.6 Å². The van der Waals surface area contributed by atoms with Crippen LogP contribution in [0.1, 0.15) is 37.9 Å². The lowest BCUT2D eigenvalue weighted by Gasteiger charge is -2.20. The molecule has 0 aromatic carbocycles. The molecule has 1 rings (SSSR count). The van der Waals surface area contributed by atoms with Crippen molar-refractivity contribution < 1.29 is 9.52 Å². The van der Waals surface area contributed by atoms with E-state index in [-0.39, 0.29) is 12.1 Å². The number of rotatable bonds is 8. The van der Waals surface area contributed by atoms with E-state index in [0.29, 0.717) is 13.1 Å². The van der Waals surface area contributed by atoms with E-state index in [1.54, 1.807) is 0 Å². The normalized spacial score (nSPS) is 12.1. The minimum Gasteiger partial charge on any atom is -0.465 e. The van der Waals surface area contributed by atoms with E-state index in [4.69, 9.17) is 9.52 Å². The number of aliphatic hydroxyl groups excluding tert-OH is 1. The average Bonchev–Trinajstić information content (AvgIpc) is 2.67. The van der Waals surface area contributed by atoms with Gasteiger partial charge in [-0.15, -0.1) is 6.58 Å². The van der Waals surface area contributed by atoms with Crippen LogP contribution in [0.25, 0.3) is 0 Å². The van der Waals surface area contributed by atoms with Crippen LogP contribution in [-0.4, -0.2) is 35.2 Å². The second-order valence-electron chi connectivity index (χ2n) is 6.15. The fraction of sp³-hybridized carbons (Fsp3) is 0.625. The maximum absolute atomic E-state index is 9.06. The average molecular weight is 280 g/mol. The fourth-order valence-corrected chi connectivity index (χ4v) is 1.98. The lowest BCUT2D eigenvalue weighted by molar-refractivity contribution is 0.193. The summed E-state index contributed by atoms with van der Waals surface area (Å²) in [5, 5.41) is 12.5. The molecule has 4 heteroatoms. The van der Waals surface area contributed by atoms with Crippen molar-refractivity contribution in [2.45, 2.75) is 46.3 Å². The molecule has 0 aliphatic carbocycles. The monoisotopic (exact) mass is 280 g/mol. The first kappa shape index (κ1) is 17.0. The van der Waals surface area contributed by atoms with E-state index in [0.717, 1.165) is 24.6 Å². The van der Waals surface area contributed by atoms with Gasteiger partial charge in [-0.05, 0) is 33.8 Å². The Morgan fingerprint density at radius 1 is 1.45 bits per heavy atom. The molecule has 0 spiro atoms. The van der Waals surface area contributed by atoms with Crippen molar-refractivity contribution in [2.24, 2.45) is 0 Å². The molecule has 0 radical (unpaired) electrons.